The Morgan fingerprint density at radius 1 is 1.55 bits per heavy atom. The van der Waals surface area contributed by atoms with Crippen LogP contribution in [-0.4, -0.2) is 34.0 Å². The molecule has 1 aliphatic heterocycles. The van der Waals surface area contributed by atoms with Gasteiger partial charge in [0, 0.05) is 25.0 Å². The van der Waals surface area contributed by atoms with Gasteiger partial charge in [0.05, 0.1) is 22.8 Å². The standard InChI is InChI=1S/C13H18BrClN2O3/c1-7-11(6-19-9(3)18)20-13(15)8(2)12(7)17-5-10(14)4-16-17/h4-5,7-8,11-13H,6H2,1-3H3/t7-,8?,11?,12-,13+/m0/s1. The summed E-state index contributed by atoms with van der Waals surface area (Å²) in [5.41, 5.74) is -0.431. The number of hydrogen-bond acceptors (Lipinski definition) is 4. The van der Waals surface area contributed by atoms with Gasteiger partial charge in [-0.1, -0.05) is 25.4 Å². The molecule has 0 saturated carbocycles. The van der Waals surface area contributed by atoms with E-state index in [1.807, 2.05) is 17.8 Å². The number of hydrogen-bond donors (Lipinski definition) is 0. The second-order valence-corrected chi connectivity index (χ2v) is 6.52. The van der Waals surface area contributed by atoms with Gasteiger partial charge in [-0.25, -0.2) is 0 Å². The molecule has 1 aromatic heterocycles. The minimum absolute atomic E-state index is 0.0955. The van der Waals surface area contributed by atoms with E-state index in [1.165, 1.54) is 6.92 Å². The molecule has 5 atom stereocenters. The fourth-order valence-electron chi connectivity index (χ4n) is 2.62. The number of rotatable bonds is 3. The molecule has 2 rings (SSSR count). The Balaban J connectivity index is 2.17. The van der Waals surface area contributed by atoms with Crippen molar-refractivity contribution in [1.29, 1.82) is 0 Å². The molecule has 2 unspecified atom stereocenters. The van der Waals surface area contributed by atoms with Gasteiger partial charge in [0.2, 0.25) is 0 Å². The quantitative estimate of drug-likeness (QED) is 0.610. The first-order chi connectivity index (χ1) is 9.40. The van der Waals surface area contributed by atoms with Crippen LogP contribution in [0.15, 0.2) is 16.9 Å². The number of carbonyl (C=O) groups excluding carboxylic acids is 1. The van der Waals surface area contributed by atoms with Gasteiger partial charge in [-0.05, 0) is 15.9 Å². The molecule has 0 amide bonds. The largest absolute Gasteiger partial charge is 0.463 e. The van der Waals surface area contributed by atoms with Crippen LogP contribution in [0.4, 0.5) is 0 Å². The van der Waals surface area contributed by atoms with Crippen molar-refractivity contribution in [2.45, 2.75) is 38.5 Å². The highest BCUT2D eigenvalue weighted by Gasteiger charge is 2.42. The molecule has 112 valence electrons. The molecule has 0 aliphatic carbocycles. The lowest BCUT2D eigenvalue weighted by Gasteiger charge is -2.42. The molecule has 0 N–H and O–H groups in total. The topological polar surface area (TPSA) is 53.4 Å². The van der Waals surface area contributed by atoms with Crippen LogP contribution in [-0.2, 0) is 14.3 Å². The Morgan fingerprint density at radius 3 is 2.80 bits per heavy atom. The van der Waals surface area contributed by atoms with Crippen molar-refractivity contribution >= 4 is 33.5 Å². The summed E-state index contributed by atoms with van der Waals surface area (Å²) in [6.07, 6.45) is 3.44. The van der Waals surface area contributed by atoms with E-state index in [2.05, 4.69) is 28.0 Å². The molecule has 20 heavy (non-hydrogen) atoms. The fourth-order valence-corrected chi connectivity index (χ4v) is 3.20. The number of carbonyl (C=O) groups is 1. The molecular formula is C13H18BrClN2O3. The number of alkyl halides is 1. The fraction of sp³-hybridized carbons (Fsp3) is 0.692. The lowest BCUT2D eigenvalue weighted by Crippen LogP contribution is -2.46. The van der Waals surface area contributed by atoms with Crippen molar-refractivity contribution in [3.63, 3.8) is 0 Å². The van der Waals surface area contributed by atoms with E-state index < -0.39 is 5.56 Å². The monoisotopic (exact) mass is 364 g/mol. The van der Waals surface area contributed by atoms with Gasteiger partial charge < -0.3 is 9.47 Å². The van der Waals surface area contributed by atoms with Gasteiger partial charge in [-0.15, -0.1) is 0 Å². The summed E-state index contributed by atoms with van der Waals surface area (Å²) < 4.78 is 13.6. The van der Waals surface area contributed by atoms with E-state index in [1.54, 1.807) is 6.20 Å². The first-order valence-electron chi connectivity index (χ1n) is 6.52. The lowest BCUT2D eigenvalue weighted by molar-refractivity contribution is -0.157. The molecule has 0 spiro atoms. The van der Waals surface area contributed by atoms with Crippen LogP contribution in [0.25, 0.3) is 0 Å². The zero-order chi connectivity index (χ0) is 14.9. The van der Waals surface area contributed by atoms with Crippen LogP contribution < -0.4 is 0 Å². The molecule has 1 aliphatic rings. The summed E-state index contributed by atoms with van der Waals surface area (Å²) in [6.45, 7) is 5.70. The molecule has 7 heteroatoms. The molecule has 5 nitrogen and oxygen atoms in total. The molecule has 0 aromatic carbocycles. The molecular weight excluding hydrogens is 348 g/mol. The van der Waals surface area contributed by atoms with Crippen molar-refractivity contribution in [2.24, 2.45) is 11.8 Å². The van der Waals surface area contributed by atoms with E-state index in [4.69, 9.17) is 21.1 Å². The van der Waals surface area contributed by atoms with Gasteiger partial charge in [0.15, 0.2) is 0 Å². The summed E-state index contributed by atoms with van der Waals surface area (Å²) in [7, 11) is 0. The molecule has 2 heterocycles. The number of ether oxygens (including phenoxy) is 2. The second kappa shape index (κ2) is 6.45. The van der Waals surface area contributed by atoms with Crippen LogP contribution in [0.3, 0.4) is 0 Å². The Hall–Kier alpha value is -0.590. The first-order valence-corrected chi connectivity index (χ1v) is 7.75. The third-order valence-corrected chi connectivity index (χ3v) is 4.62. The molecule has 0 bridgehead atoms. The van der Waals surface area contributed by atoms with Crippen molar-refractivity contribution in [3.05, 3.63) is 16.9 Å². The van der Waals surface area contributed by atoms with E-state index >= 15 is 0 Å². The Bertz CT molecular complexity index is 482. The lowest BCUT2D eigenvalue weighted by atomic mass is 9.84. The summed E-state index contributed by atoms with van der Waals surface area (Å²) in [4.78, 5) is 11.0. The summed E-state index contributed by atoms with van der Waals surface area (Å²) in [6, 6.07) is 0.0955. The SMILES string of the molecule is CC(=O)OCC1O[C@@H](Cl)C(C)[C@@H](n2cc(Br)cn2)[C@H]1C. The molecule has 1 aromatic rings. The highest BCUT2D eigenvalue weighted by atomic mass is 79.9. The number of aromatic nitrogens is 2. The summed E-state index contributed by atoms with van der Waals surface area (Å²) >= 11 is 9.68. The highest BCUT2D eigenvalue weighted by Crippen LogP contribution is 2.40. The average Bonchev–Trinajstić information content (AvgIpc) is 2.79. The van der Waals surface area contributed by atoms with Gasteiger partial charge in [0.25, 0.3) is 0 Å². The maximum atomic E-state index is 11.0. The molecule has 1 fully saturated rings. The maximum absolute atomic E-state index is 11.0. The van der Waals surface area contributed by atoms with E-state index in [9.17, 15) is 4.79 Å². The van der Waals surface area contributed by atoms with Crippen molar-refractivity contribution in [3.8, 4) is 0 Å². The van der Waals surface area contributed by atoms with Gasteiger partial charge in [0.1, 0.15) is 12.2 Å². The Morgan fingerprint density at radius 2 is 2.25 bits per heavy atom. The zero-order valence-corrected chi connectivity index (χ0v) is 14.0. The van der Waals surface area contributed by atoms with E-state index in [0.29, 0.717) is 0 Å². The second-order valence-electron chi connectivity index (χ2n) is 5.18. The normalized spacial score (nSPS) is 34.0. The number of esters is 1. The summed E-state index contributed by atoms with van der Waals surface area (Å²) in [5, 5.41) is 4.35. The Labute approximate surface area is 131 Å². The smallest absolute Gasteiger partial charge is 0.302 e. The van der Waals surface area contributed by atoms with E-state index in [0.717, 1.165) is 4.47 Å². The zero-order valence-electron chi connectivity index (χ0n) is 11.6. The minimum atomic E-state index is -0.431. The Kier molecular flexibility index (Phi) is 5.09. The third-order valence-electron chi connectivity index (χ3n) is 3.71. The summed E-state index contributed by atoms with van der Waals surface area (Å²) in [5.74, 6) is -0.0814. The molecule has 0 radical (unpaired) electrons. The highest BCUT2D eigenvalue weighted by molar-refractivity contribution is 9.10. The van der Waals surface area contributed by atoms with Crippen LogP contribution in [0, 0.1) is 11.8 Å². The van der Waals surface area contributed by atoms with Crippen molar-refractivity contribution in [1.82, 2.24) is 9.78 Å². The first kappa shape index (κ1) is 15.8. The van der Waals surface area contributed by atoms with Crippen molar-refractivity contribution in [2.75, 3.05) is 6.61 Å². The predicted molar refractivity (Wildman–Crippen MR) is 78.4 cm³/mol. The average molecular weight is 366 g/mol. The van der Waals surface area contributed by atoms with Gasteiger partial charge >= 0.3 is 5.97 Å². The van der Waals surface area contributed by atoms with Gasteiger partial charge in [-0.3, -0.25) is 9.48 Å². The number of halogens is 2. The third kappa shape index (κ3) is 3.35. The maximum Gasteiger partial charge on any atom is 0.302 e. The van der Waals surface area contributed by atoms with Crippen LogP contribution in [0.5, 0.6) is 0 Å². The predicted octanol–water partition coefficient (Wildman–Crippen LogP) is 2.99. The van der Waals surface area contributed by atoms with Crippen LogP contribution in [0.2, 0.25) is 0 Å². The minimum Gasteiger partial charge on any atom is -0.463 e. The number of nitrogens with zero attached hydrogens (tertiary/aromatic N) is 2. The van der Waals surface area contributed by atoms with Crippen molar-refractivity contribution < 1.29 is 14.3 Å². The van der Waals surface area contributed by atoms with Crippen LogP contribution >= 0.6 is 27.5 Å². The molecule has 1 saturated heterocycles. The van der Waals surface area contributed by atoms with Gasteiger partial charge in [-0.2, -0.15) is 5.10 Å². The van der Waals surface area contributed by atoms with Crippen LogP contribution in [0.1, 0.15) is 26.8 Å². The van der Waals surface area contributed by atoms with E-state index in [-0.39, 0.29) is 36.6 Å².